The van der Waals surface area contributed by atoms with E-state index >= 15 is 0 Å². The van der Waals surface area contributed by atoms with Crippen LogP contribution in [-0.2, 0) is 29.6 Å². The molecule has 5 nitrogen and oxygen atoms in total. The second-order valence-electron chi connectivity index (χ2n) is 7.09. The number of aryl methyl sites for hydroxylation is 1. The number of benzene rings is 1. The lowest BCUT2D eigenvalue weighted by Gasteiger charge is -2.22. The zero-order valence-electron chi connectivity index (χ0n) is 16.8. The zero-order chi connectivity index (χ0) is 20.1. The van der Waals surface area contributed by atoms with Gasteiger partial charge >= 0.3 is 0 Å². The summed E-state index contributed by atoms with van der Waals surface area (Å²) in [5.41, 5.74) is 3.83. The van der Waals surface area contributed by atoms with Crippen molar-refractivity contribution in [1.29, 1.82) is 5.26 Å². The van der Waals surface area contributed by atoms with Crippen LogP contribution in [0.3, 0.4) is 0 Å². The molecule has 3 rings (SSSR count). The van der Waals surface area contributed by atoms with Crippen molar-refractivity contribution in [1.82, 2.24) is 9.97 Å². The molecule has 0 bridgehead atoms. The van der Waals surface area contributed by atoms with Crippen molar-refractivity contribution in [3.05, 3.63) is 65.0 Å². The summed E-state index contributed by atoms with van der Waals surface area (Å²) >= 11 is 0. The summed E-state index contributed by atoms with van der Waals surface area (Å²) in [6, 6.07) is 16.4. The molecule has 28 heavy (non-hydrogen) atoms. The van der Waals surface area contributed by atoms with Crippen LogP contribution in [0.5, 0.6) is 5.88 Å². The summed E-state index contributed by atoms with van der Waals surface area (Å²) in [6.07, 6.45) is 1.37. The standard InChI is InChI=1S/C23H25N3O2/c1-5-16-11-17-9-10-18(12-21(17)26-22(16)28-4)23(2,15-24)13-19-7-6-8-20(25-19)14-27-3/h6-12H,5,13-14H2,1-4H3. The molecular formula is C23H25N3O2. The minimum Gasteiger partial charge on any atom is -0.481 e. The fourth-order valence-electron chi connectivity index (χ4n) is 3.39. The van der Waals surface area contributed by atoms with E-state index in [1.807, 2.05) is 43.3 Å². The maximum Gasteiger partial charge on any atom is 0.216 e. The number of methoxy groups -OCH3 is 2. The molecule has 1 aromatic carbocycles. The normalized spacial score (nSPS) is 13.1. The predicted molar refractivity (Wildman–Crippen MR) is 109 cm³/mol. The number of fused-ring (bicyclic) bond motifs is 1. The van der Waals surface area contributed by atoms with Crippen molar-refractivity contribution in [2.24, 2.45) is 0 Å². The molecule has 0 saturated carbocycles. The molecule has 0 amide bonds. The topological polar surface area (TPSA) is 68.0 Å². The minimum atomic E-state index is -0.717. The van der Waals surface area contributed by atoms with E-state index in [4.69, 9.17) is 9.47 Å². The van der Waals surface area contributed by atoms with Gasteiger partial charge in [-0.15, -0.1) is 0 Å². The highest BCUT2D eigenvalue weighted by molar-refractivity contribution is 5.81. The van der Waals surface area contributed by atoms with Gasteiger partial charge < -0.3 is 9.47 Å². The predicted octanol–water partition coefficient (Wildman–Crippen LogP) is 4.37. The highest BCUT2D eigenvalue weighted by Crippen LogP contribution is 2.31. The van der Waals surface area contributed by atoms with Gasteiger partial charge in [-0.1, -0.05) is 25.1 Å². The van der Waals surface area contributed by atoms with Gasteiger partial charge in [0.25, 0.3) is 0 Å². The van der Waals surface area contributed by atoms with Crippen LogP contribution in [0, 0.1) is 11.3 Å². The Morgan fingerprint density at radius 3 is 2.54 bits per heavy atom. The number of nitrogens with zero attached hydrogens (tertiary/aromatic N) is 3. The number of pyridine rings is 2. The molecule has 0 N–H and O–H groups in total. The number of aromatic nitrogens is 2. The van der Waals surface area contributed by atoms with Crippen molar-refractivity contribution in [2.75, 3.05) is 14.2 Å². The smallest absolute Gasteiger partial charge is 0.216 e. The number of hydrogen-bond acceptors (Lipinski definition) is 5. The van der Waals surface area contributed by atoms with Crippen molar-refractivity contribution in [3.63, 3.8) is 0 Å². The Bertz CT molecular complexity index is 1030. The van der Waals surface area contributed by atoms with E-state index in [0.717, 1.165) is 39.8 Å². The first-order valence-electron chi connectivity index (χ1n) is 9.36. The zero-order valence-corrected chi connectivity index (χ0v) is 16.8. The average Bonchev–Trinajstić information content (AvgIpc) is 2.72. The van der Waals surface area contributed by atoms with E-state index < -0.39 is 5.41 Å². The van der Waals surface area contributed by atoms with Gasteiger partial charge in [-0.25, -0.2) is 4.98 Å². The van der Waals surface area contributed by atoms with Crippen LogP contribution in [0.2, 0.25) is 0 Å². The van der Waals surface area contributed by atoms with E-state index in [9.17, 15) is 5.26 Å². The van der Waals surface area contributed by atoms with Crippen molar-refractivity contribution >= 4 is 10.9 Å². The molecule has 3 aromatic rings. The van der Waals surface area contributed by atoms with E-state index in [-0.39, 0.29) is 0 Å². The third-order valence-corrected chi connectivity index (χ3v) is 5.01. The first kappa shape index (κ1) is 19.8. The van der Waals surface area contributed by atoms with Crippen molar-refractivity contribution in [3.8, 4) is 11.9 Å². The SMILES string of the molecule is CCc1cc2ccc(C(C)(C#N)Cc3cccc(COC)n3)cc2nc1OC. The summed E-state index contributed by atoms with van der Waals surface area (Å²) < 4.78 is 10.6. The van der Waals surface area contributed by atoms with Gasteiger partial charge in [0.1, 0.15) is 0 Å². The molecule has 0 fully saturated rings. The molecule has 2 heterocycles. The van der Waals surface area contributed by atoms with Gasteiger partial charge in [-0.2, -0.15) is 5.26 Å². The van der Waals surface area contributed by atoms with Crippen LogP contribution in [0.1, 0.15) is 36.4 Å². The highest BCUT2D eigenvalue weighted by Gasteiger charge is 2.28. The molecule has 1 unspecified atom stereocenters. The summed E-state index contributed by atoms with van der Waals surface area (Å²) in [4.78, 5) is 9.28. The van der Waals surface area contributed by atoms with E-state index in [1.54, 1.807) is 14.2 Å². The monoisotopic (exact) mass is 375 g/mol. The van der Waals surface area contributed by atoms with Gasteiger partial charge in [-0.05, 0) is 43.2 Å². The number of nitriles is 1. The van der Waals surface area contributed by atoms with Crippen LogP contribution in [0.25, 0.3) is 10.9 Å². The van der Waals surface area contributed by atoms with Crippen LogP contribution in [-0.4, -0.2) is 24.2 Å². The molecule has 0 aliphatic rings. The van der Waals surface area contributed by atoms with Crippen LogP contribution in [0.4, 0.5) is 0 Å². The van der Waals surface area contributed by atoms with E-state index in [1.165, 1.54) is 0 Å². The van der Waals surface area contributed by atoms with Gasteiger partial charge in [0.15, 0.2) is 0 Å². The summed E-state index contributed by atoms with van der Waals surface area (Å²) in [6.45, 7) is 4.48. The lowest BCUT2D eigenvalue weighted by molar-refractivity contribution is 0.181. The second-order valence-corrected chi connectivity index (χ2v) is 7.09. The molecule has 0 aliphatic carbocycles. The minimum absolute atomic E-state index is 0.455. The summed E-state index contributed by atoms with van der Waals surface area (Å²) in [5.74, 6) is 0.639. The summed E-state index contributed by atoms with van der Waals surface area (Å²) in [7, 11) is 3.28. The fourth-order valence-corrected chi connectivity index (χ4v) is 3.39. The van der Waals surface area contributed by atoms with Crippen LogP contribution in [0.15, 0.2) is 42.5 Å². The molecule has 144 valence electrons. The van der Waals surface area contributed by atoms with Gasteiger partial charge in [-0.3, -0.25) is 4.98 Å². The Hall–Kier alpha value is -2.97. The number of ether oxygens (including phenoxy) is 2. The molecule has 1 atom stereocenters. The molecule has 0 saturated heterocycles. The van der Waals surface area contributed by atoms with Crippen LogP contribution < -0.4 is 4.74 Å². The second kappa shape index (κ2) is 8.37. The quantitative estimate of drug-likeness (QED) is 0.613. The number of hydrogen-bond donors (Lipinski definition) is 0. The van der Waals surface area contributed by atoms with E-state index in [2.05, 4.69) is 29.0 Å². The molecular weight excluding hydrogens is 350 g/mol. The lowest BCUT2D eigenvalue weighted by atomic mass is 9.79. The maximum atomic E-state index is 9.98. The van der Waals surface area contributed by atoms with Crippen molar-refractivity contribution in [2.45, 2.75) is 38.7 Å². The maximum absolute atomic E-state index is 9.98. The van der Waals surface area contributed by atoms with Gasteiger partial charge in [0.2, 0.25) is 5.88 Å². The first-order chi connectivity index (χ1) is 13.5. The Kier molecular flexibility index (Phi) is 5.91. The first-order valence-corrected chi connectivity index (χ1v) is 9.36. The summed E-state index contributed by atoms with van der Waals surface area (Å²) in [5, 5.41) is 11.0. The average molecular weight is 375 g/mol. The molecule has 0 spiro atoms. The van der Waals surface area contributed by atoms with Gasteiger partial charge in [0.05, 0.1) is 36.4 Å². The molecule has 0 aliphatic heterocycles. The number of rotatable bonds is 7. The molecule has 5 heteroatoms. The Morgan fingerprint density at radius 1 is 1.07 bits per heavy atom. The Labute approximate surface area is 166 Å². The van der Waals surface area contributed by atoms with E-state index in [0.29, 0.717) is 18.9 Å². The Morgan fingerprint density at radius 2 is 1.86 bits per heavy atom. The highest BCUT2D eigenvalue weighted by atomic mass is 16.5. The molecule has 2 aromatic heterocycles. The fraction of sp³-hybridized carbons (Fsp3) is 0.348. The third kappa shape index (κ3) is 3.97. The van der Waals surface area contributed by atoms with Crippen LogP contribution >= 0.6 is 0 Å². The molecule has 0 radical (unpaired) electrons. The largest absolute Gasteiger partial charge is 0.481 e. The van der Waals surface area contributed by atoms with Gasteiger partial charge in [0, 0.05) is 30.2 Å². The lowest BCUT2D eigenvalue weighted by Crippen LogP contribution is -2.23. The Balaban J connectivity index is 2.00. The van der Waals surface area contributed by atoms with Crippen molar-refractivity contribution < 1.29 is 9.47 Å². The third-order valence-electron chi connectivity index (χ3n) is 5.01.